The first-order valence-corrected chi connectivity index (χ1v) is 3.50. The Kier molecular flexibility index (Phi) is 1.43. The van der Waals surface area contributed by atoms with Crippen molar-refractivity contribution in [2.75, 3.05) is 0 Å². The minimum absolute atomic E-state index is 0.524. The van der Waals surface area contributed by atoms with Crippen LogP contribution in [0, 0.1) is 10.1 Å². The molecule has 0 bridgehead atoms. The maximum atomic E-state index is 10.7. The lowest BCUT2D eigenvalue weighted by Crippen LogP contribution is -2.37. The van der Waals surface area contributed by atoms with Gasteiger partial charge < -0.3 is 15.2 Å². The van der Waals surface area contributed by atoms with Gasteiger partial charge in [0.25, 0.3) is 0 Å². The van der Waals surface area contributed by atoms with Crippen LogP contribution in [0.3, 0.4) is 0 Å². The summed E-state index contributed by atoms with van der Waals surface area (Å²) in [5.41, 5.74) is 0. The van der Waals surface area contributed by atoms with Gasteiger partial charge in [-0.25, -0.2) is 4.90 Å². The van der Waals surface area contributed by atoms with E-state index >= 15 is 0 Å². The number of nitro groups is 1. The van der Waals surface area contributed by atoms with Gasteiger partial charge in [0, 0.05) is 13.8 Å². The van der Waals surface area contributed by atoms with Gasteiger partial charge in [-0.1, -0.05) is 0 Å². The lowest BCUT2D eigenvalue weighted by molar-refractivity contribution is -0.449. The Hall–Kier alpha value is -1.10. The molecule has 0 saturated heterocycles. The summed E-state index contributed by atoms with van der Waals surface area (Å²) in [5, 5.41) is 20.3. The second-order valence-corrected chi connectivity index (χ2v) is 2.69. The number of aliphatic hydroxyl groups is 1. The normalized spacial score (nSPS) is 39.8. The molecule has 0 aromatic heterocycles. The van der Waals surface area contributed by atoms with Crippen LogP contribution in [0.5, 0.6) is 0 Å². The fraction of sp³-hybridized carbons (Fsp3) is 0.714. The summed E-state index contributed by atoms with van der Waals surface area (Å²) >= 11 is 0. The van der Waals surface area contributed by atoms with E-state index in [0.717, 1.165) is 4.90 Å². The molecule has 1 heterocycles. The summed E-state index contributed by atoms with van der Waals surface area (Å²) in [6.45, 7) is 3.10. The highest BCUT2D eigenvalue weighted by Gasteiger charge is 2.35. The van der Waals surface area contributed by atoms with Crippen LogP contribution in [0.2, 0.25) is 0 Å². The molecule has 1 aliphatic rings. The molecule has 0 aromatic carbocycles. The van der Waals surface area contributed by atoms with Crippen molar-refractivity contribution in [1.29, 1.82) is 0 Å². The predicted octanol–water partition coefficient (Wildman–Crippen LogP) is 0.537. The molecule has 1 rings (SSSR count). The average Bonchev–Trinajstić information content (AvgIpc) is 2.25. The Labute approximate surface area is 74.7 Å². The molecule has 0 fully saturated rings. The lowest BCUT2D eigenvalue weighted by Gasteiger charge is -2.21. The third-order valence-corrected chi connectivity index (χ3v) is 1.49. The Morgan fingerprint density at radius 1 is 2.17 bits per heavy atom. The molecule has 0 amide bonds. The summed E-state index contributed by atoms with van der Waals surface area (Å²) in [4.78, 5) is 10.6. The van der Waals surface area contributed by atoms with Crippen LogP contribution in [0.4, 0.5) is 0 Å². The van der Waals surface area contributed by atoms with E-state index < -0.39 is 35.4 Å². The van der Waals surface area contributed by atoms with Crippen molar-refractivity contribution in [2.24, 2.45) is 0 Å². The Balaban J connectivity index is 3.27. The first kappa shape index (κ1) is 5.53. The van der Waals surface area contributed by atoms with Crippen molar-refractivity contribution in [2.45, 2.75) is 32.5 Å². The van der Waals surface area contributed by atoms with Crippen LogP contribution in [-0.4, -0.2) is 27.2 Å². The summed E-state index contributed by atoms with van der Waals surface area (Å²) in [6.07, 6.45) is -4.08. The van der Waals surface area contributed by atoms with Crippen molar-refractivity contribution in [1.82, 2.24) is 4.90 Å². The van der Waals surface area contributed by atoms with Gasteiger partial charge in [-0.3, -0.25) is 0 Å². The van der Waals surface area contributed by atoms with Crippen molar-refractivity contribution >= 4 is 0 Å². The molecule has 1 N–H and O–H groups in total. The highest BCUT2D eigenvalue weighted by molar-refractivity contribution is 5.02. The number of hydrogen-bond acceptors (Lipinski definition) is 4. The highest BCUT2D eigenvalue weighted by atomic mass is 16.6. The van der Waals surface area contributed by atoms with Gasteiger partial charge in [-0.2, -0.15) is 0 Å². The van der Waals surface area contributed by atoms with Gasteiger partial charge in [-0.15, -0.1) is 0 Å². The maximum Gasteiger partial charge on any atom is 0.316 e. The minimum atomic E-state index is -2.44. The molecule has 1 aliphatic heterocycles. The van der Waals surface area contributed by atoms with E-state index in [1.165, 1.54) is 0 Å². The van der Waals surface area contributed by atoms with Crippen LogP contribution in [0.1, 0.15) is 24.4 Å². The van der Waals surface area contributed by atoms with Gasteiger partial charge in [0.15, 0.2) is 6.20 Å². The van der Waals surface area contributed by atoms with Crippen molar-refractivity contribution in [3.05, 3.63) is 22.0 Å². The Bertz CT molecular complexity index is 329. The molecule has 5 heteroatoms. The van der Waals surface area contributed by atoms with Gasteiger partial charge in [0.05, 0.1) is 7.41 Å². The SMILES string of the molecule is [2H]C1=C([N+](=O)[O-])N(C(C)C)C([2H])(O)C1[2H]. The smallest absolute Gasteiger partial charge is 0.316 e. The van der Waals surface area contributed by atoms with Crippen LogP contribution in [0.25, 0.3) is 0 Å². The number of hydrogen-bond donors (Lipinski definition) is 1. The van der Waals surface area contributed by atoms with E-state index in [0.29, 0.717) is 0 Å². The summed E-state index contributed by atoms with van der Waals surface area (Å²) in [5.74, 6) is -0.664. The molecular weight excluding hydrogens is 160 g/mol. The van der Waals surface area contributed by atoms with E-state index in [2.05, 4.69) is 0 Å². The van der Waals surface area contributed by atoms with Crippen LogP contribution in [-0.2, 0) is 0 Å². The molecule has 68 valence electrons. The van der Waals surface area contributed by atoms with Crippen molar-refractivity contribution in [3.8, 4) is 0 Å². The van der Waals surface area contributed by atoms with E-state index in [4.69, 9.17) is 4.11 Å². The predicted molar refractivity (Wildman–Crippen MR) is 42.7 cm³/mol. The molecule has 0 aliphatic carbocycles. The summed E-state index contributed by atoms with van der Waals surface area (Å²) < 4.78 is 22.2. The highest BCUT2D eigenvalue weighted by Crippen LogP contribution is 2.22. The fourth-order valence-corrected chi connectivity index (χ4v) is 1.03. The molecule has 2 unspecified atom stereocenters. The van der Waals surface area contributed by atoms with Crippen molar-refractivity contribution < 1.29 is 14.1 Å². The van der Waals surface area contributed by atoms with Gasteiger partial charge in [0.2, 0.25) is 0 Å². The average molecular weight is 175 g/mol. The molecule has 12 heavy (non-hydrogen) atoms. The molecule has 0 saturated carbocycles. The topological polar surface area (TPSA) is 66.6 Å². The zero-order valence-electron chi connectivity index (χ0n) is 9.81. The van der Waals surface area contributed by atoms with Crippen LogP contribution >= 0.6 is 0 Å². The zero-order valence-corrected chi connectivity index (χ0v) is 6.81. The summed E-state index contributed by atoms with van der Waals surface area (Å²) in [6, 6.07) is -1.16. The van der Waals surface area contributed by atoms with Crippen LogP contribution in [0.15, 0.2) is 11.9 Å². The molecule has 0 radical (unpaired) electrons. The van der Waals surface area contributed by atoms with Crippen molar-refractivity contribution in [3.63, 3.8) is 0 Å². The zero-order chi connectivity index (χ0) is 12.0. The quantitative estimate of drug-likeness (QED) is 0.491. The second-order valence-electron chi connectivity index (χ2n) is 2.69. The van der Waals surface area contributed by atoms with E-state index in [9.17, 15) is 15.2 Å². The Morgan fingerprint density at radius 3 is 3.08 bits per heavy atom. The second kappa shape index (κ2) is 3.10. The number of rotatable bonds is 2. The van der Waals surface area contributed by atoms with E-state index in [-0.39, 0.29) is 0 Å². The first-order valence-electron chi connectivity index (χ1n) is 5.08. The third kappa shape index (κ3) is 1.40. The fourth-order valence-electron chi connectivity index (χ4n) is 1.03. The third-order valence-electron chi connectivity index (χ3n) is 1.49. The van der Waals surface area contributed by atoms with Crippen LogP contribution < -0.4 is 0 Å². The molecule has 0 spiro atoms. The largest absolute Gasteiger partial charge is 0.358 e. The summed E-state index contributed by atoms with van der Waals surface area (Å²) in [7, 11) is 0. The van der Waals surface area contributed by atoms with Gasteiger partial charge in [-0.05, 0) is 18.8 Å². The molecule has 5 nitrogen and oxygen atoms in total. The monoisotopic (exact) mass is 175 g/mol. The molecule has 2 atom stereocenters. The minimum Gasteiger partial charge on any atom is -0.358 e. The standard InChI is InChI=1S/C7H12N2O3/c1-5(2)8-6(9(11)12)3-4-7(8)10/h3,5,7,10H,4H2,1-2H3/i3D,4D,7D. The van der Waals surface area contributed by atoms with Gasteiger partial charge in [0.1, 0.15) is 1.37 Å². The molecule has 0 aromatic rings. The van der Waals surface area contributed by atoms with E-state index in [1.54, 1.807) is 13.8 Å². The lowest BCUT2D eigenvalue weighted by atomic mass is 10.3. The number of nitrogens with zero attached hydrogens (tertiary/aromatic N) is 2. The first-order chi connectivity index (χ1) is 6.71. The molecular formula is C7H12N2O3. The maximum absolute atomic E-state index is 10.7. The van der Waals surface area contributed by atoms with Gasteiger partial charge >= 0.3 is 5.82 Å². The van der Waals surface area contributed by atoms with E-state index in [1.807, 2.05) is 0 Å². The Morgan fingerprint density at radius 2 is 2.75 bits per heavy atom.